The molecule has 1 saturated heterocycles. The number of hydrogen-bond acceptors (Lipinski definition) is 4. The monoisotopic (exact) mass is 440 g/mol. The van der Waals surface area contributed by atoms with E-state index in [0.717, 1.165) is 29.8 Å². The van der Waals surface area contributed by atoms with E-state index in [1.165, 1.54) is 37.7 Å². The number of nitrogens with zero attached hydrogens (tertiary/aromatic N) is 2. The predicted molar refractivity (Wildman–Crippen MR) is 123 cm³/mol. The van der Waals surface area contributed by atoms with Crippen molar-refractivity contribution < 1.29 is 14.4 Å². The third-order valence-corrected chi connectivity index (χ3v) is 7.61. The van der Waals surface area contributed by atoms with Crippen LogP contribution in [0.5, 0.6) is 0 Å². The molecule has 3 fully saturated rings. The summed E-state index contributed by atoms with van der Waals surface area (Å²) in [6, 6.07) is 7.51. The Kier molecular flexibility index (Phi) is 6.84. The molecule has 4 amide bonds. The van der Waals surface area contributed by atoms with E-state index in [0.29, 0.717) is 25.4 Å². The van der Waals surface area contributed by atoms with E-state index >= 15 is 0 Å². The highest BCUT2D eigenvalue weighted by molar-refractivity contribution is 6.09. The molecule has 7 nitrogen and oxygen atoms in total. The fourth-order valence-corrected chi connectivity index (χ4v) is 5.56. The van der Waals surface area contributed by atoms with Crippen LogP contribution in [0.3, 0.4) is 0 Å². The van der Waals surface area contributed by atoms with E-state index < -0.39 is 17.6 Å². The number of benzene rings is 1. The summed E-state index contributed by atoms with van der Waals surface area (Å²) in [4.78, 5) is 41.9. The highest BCUT2D eigenvalue weighted by Crippen LogP contribution is 2.35. The molecule has 7 heteroatoms. The van der Waals surface area contributed by atoms with Gasteiger partial charge in [0.1, 0.15) is 11.6 Å². The lowest BCUT2D eigenvalue weighted by atomic mass is 9.94. The first-order valence-electron chi connectivity index (χ1n) is 12.1. The van der Waals surface area contributed by atoms with Crippen LogP contribution >= 0.6 is 0 Å². The summed E-state index contributed by atoms with van der Waals surface area (Å²) < 4.78 is 0. The number of nitrogens with one attached hydrogen (secondary N) is 2. The zero-order valence-corrected chi connectivity index (χ0v) is 19.4. The zero-order valence-electron chi connectivity index (χ0n) is 19.4. The molecule has 0 radical (unpaired) electrons. The second kappa shape index (κ2) is 9.61. The molecule has 1 aromatic carbocycles. The molecule has 174 valence electrons. The van der Waals surface area contributed by atoms with Crippen LogP contribution in [0.25, 0.3) is 0 Å². The molecule has 1 unspecified atom stereocenters. The quantitative estimate of drug-likeness (QED) is 0.638. The molecule has 1 aromatic rings. The Morgan fingerprint density at radius 1 is 1.12 bits per heavy atom. The molecule has 1 spiro atoms. The summed E-state index contributed by atoms with van der Waals surface area (Å²) >= 11 is 0. The van der Waals surface area contributed by atoms with Crippen molar-refractivity contribution in [2.45, 2.75) is 95.4 Å². The van der Waals surface area contributed by atoms with Gasteiger partial charge in [0.05, 0.1) is 0 Å². The summed E-state index contributed by atoms with van der Waals surface area (Å²) in [6.07, 6.45) is 9.60. The van der Waals surface area contributed by atoms with Gasteiger partial charge in [-0.1, -0.05) is 56.4 Å². The minimum atomic E-state index is -0.834. The minimum absolute atomic E-state index is 0.253. The first kappa shape index (κ1) is 22.8. The van der Waals surface area contributed by atoms with E-state index in [9.17, 15) is 14.4 Å². The van der Waals surface area contributed by atoms with Crippen LogP contribution in [0, 0.1) is 0 Å². The van der Waals surface area contributed by atoms with E-state index in [2.05, 4.69) is 28.6 Å². The molecular weight excluding hydrogens is 404 g/mol. The molecule has 4 rings (SSSR count). The second-order valence-electron chi connectivity index (χ2n) is 9.76. The summed E-state index contributed by atoms with van der Waals surface area (Å²) in [5, 5.41) is 5.81. The molecule has 32 heavy (non-hydrogen) atoms. The summed E-state index contributed by atoms with van der Waals surface area (Å²) in [6.45, 7) is 2.86. The SMILES string of the molecule is CC(C(=O)NCc1ccccc1CN(C)C1CCCCC1)N1C(=O)NC2(CCCC2)C1=O. The number of carbonyl (C=O) groups is 3. The molecule has 2 saturated carbocycles. The number of hydrogen-bond donors (Lipinski definition) is 2. The first-order chi connectivity index (χ1) is 15.4. The Morgan fingerprint density at radius 2 is 1.78 bits per heavy atom. The van der Waals surface area contributed by atoms with Crippen molar-refractivity contribution >= 4 is 17.8 Å². The largest absolute Gasteiger partial charge is 0.350 e. The van der Waals surface area contributed by atoms with Gasteiger partial charge in [-0.2, -0.15) is 0 Å². The molecule has 1 heterocycles. The maximum absolute atomic E-state index is 12.9. The fourth-order valence-electron chi connectivity index (χ4n) is 5.56. The zero-order chi connectivity index (χ0) is 22.7. The number of amides is 4. The molecule has 0 bridgehead atoms. The summed E-state index contributed by atoms with van der Waals surface area (Å²) in [5.41, 5.74) is 1.48. The van der Waals surface area contributed by atoms with E-state index in [1.54, 1.807) is 6.92 Å². The topological polar surface area (TPSA) is 81.8 Å². The minimum Gasteiger partial charge on any atom is -0.350 e. The van der Waals surface area contributed by atoms with Crippen molar-refractivity contribution in [1.82, 2.24) is 20.4 Å². The smallest absolute Gasteiger partial charge is 0.325 e. The van der Waals surface area contributed by atoms with Crippen LogP contribution in [0.4, 0.5) is 4.79 Å². The highest BCUT2D eigenvalue weighted by atomic mass is 16.2. The Morgan fingerprint density at radius 3 is 2.47 bits per heavy atom. The number of rotatable bonds is 7. The van der Waals surface area contributed by atoms with Gasteiger partial charge in [0, 0.05) is 19.1 Å². The lowest BCUT2D eigenvalue weighted by molar-refractivity contribution is -0.137. The van der Waals surface area contributed by atoms with Gasteiger partial charge in [0.2, 0.25) is 5.91 Å². The number of urea groups is 1. The van der Waals surface area contributed by atoms with Crippen LogP contribution < -0.4 is 10.6 Å². The lowest BCUT2D eigenvalue weighted by Gasteiger charge is -2.31. The van der Waals surface area contributed by atoms with Crippen molar-refractivity contribution in [3.63, 3.8) is 0 Å². The van der Waals surface area contributed by atoms with Crippen molar-refractivity contribution in [2.75, 3.05) is 7.05 Å². The maximum atomic E-state index is 12.9. The average Bonchev–Trinajstić information content (AvgIpc) is 3.37. The van der Waals surface area contributed by atoms with Gasteiger partial charge >= 0.3 is 6.03 Å². The molecule has 1 atom stereocenters. The van der Waals surface area contributed by atoms with Gasteiger partial charge in [0.25, 0.3) is 5.91 Å². The summed E-state index contributed by atoms with van der Waals surface area (Å²) in [7, 11) is 2.18. The second-order valence-corrected chi connectivity index (χ2v) is 9.76. The third-order valence-electron chi connectivity index (χ3n) is 7.61. The average molecular weight is 441 g/mol. The number of imide groups is 1. The normalized spacial score (nSPS) is 21.9. The predicted octanol–water partition coefficient (Wildman–Crippen LogP) is 3.32. The third kappa shape index (κ3) is 4.53. The molecule has 2 N–H and O–H groups in total. The van der Waals surface area contributed by atoms with Crippen LogP contribution in [0.2, 0.25) is 0 Å². The molecule has 2 aliphatic carbocycles. The Bertz CT molecular complexity index is 858. The Balaban J connectivity index is 1.37. The van der Waals surface area contributed by atoms with Gasteiger partial charge in [-0.3, -0.25) is 14.5 Å². The highest BCUT2D eigenvalue weighted by Gasteiger charge is 2.54. The standard InChI is InChI=1S/C25H36N4O3/c1-18(29-23(31)25(27-24(29)32)14-8-9-15-25)22(30)26-16-19-10-6-7-11-20(19)17-28(2)21-12-4-3-5-13-21/h6-7,10-11,18,21H,3-5,8-9,12-17H2,1-2H3,(H,26,30)(H,27,32). The van der Waals surface area contributed by atoms with Gasteiger partial charge < -0.3 is 10.6 Å². The van der Waals surface area contributed by atoms with E-state index in [-0.39, 0.29) is 11.8 Å². The van der Waals surface area contributed by atoms with E-state index in [1.807, 2.05) is 18.2 Å². The molecule has 3 aliphatic rings. The number of carbonyl (C=O) groups excluding carboxylic acids is 3. The van der Waals surface area contributed by atoms with Crippen LogP contribution in [0.1, 0.15) is 75.8 Å². The maximum Gasteiger partial charge on any atom is 0.325 e. The summed E-state index contributed by atoms with van der Waals surface area (Å²) in [5.74, 6) is -0.559. The van der Waals surface area contributed by atoms with Crippen molar-refractivity contribution in [3.05, 3.63) is 35.4 Å². The molecule has 0 aromatic heterocycles. The van der Waals surface area contributed by atoms with E-state index in [4.69, 9.17) is 0 Å². The fraction of sp³-hybridized carbons (Fsp3) is 0.640. The van der Waals surface area contributed by atoms with Crippen molar-refractivity contribution in [2.24, 2.45) is 0 Å². The van der Waals surface area contributed by atoms with Crippen molar-refractivity contribution in [1.29, 1.82) is 0 Å². The van der Waals surface area contributed by atoms with Crippen LogP contribution in [0.15, 0.2) is 24.3 Å². The van der Waals surface area contributed by atoms with Gasteiger partial charge in [0.15, 0.2) is 0 Å². The van der Waals surface area contributed by atoms with Crippen LogP contribution in [-0.2, 0) is 22.7 Å². The Hall–Kier alpha value is -2.41. The van der Waals surface area contributed by atoms with Gasteiger partial charge in [-0.25, -0.2) is 9.69 Å². The van der Waals surface area contributed by atoms with Gasteiger partial charge in [-0.05, 0) is 50.8 Å². The Labute approximate surface area is 190 Å². The van der Waals surface area contributed by atoms with Crippen molar-refractivity contribution in [3.8, 4) is 0 Å². The first-order valence-corrected chi connectivity index (χ1v) is 12.1. The molecule has 1 aliphatic heterocycles. The lowest BCUT2D eigenvalue weighted by Crippen LogP contribution is -2.49. The van der Waals surface area contributed by atoms with Gasteiger partial charge in [-0.15, -0.1) is 0 Å². The molecular formula is C25H36N4O3. The van der Waals surface area contributed by atoms with Crippen LogP contribution in [-0.4, -0.2) is 52.3 Å².